The van der Waals surface area contributed by atoms with Crippen molar-refractivity contribution in [2.24, 2.45) is 7.05 Å². The van der Waals surface area contributed by atoms with Crippen molar-refractivity contribution in [3.8, 4) is 5.75 Å². The largest absolute Gasteiger partial charge is 0.492 e. The average Bonchev–Trinajstić information content (AvgIpc) is 2.76. The second kappa shape index (κ2) is 6.33. The van der Waals surface area contributed by atoms with Crippen LogP contribution in [0.4, 0.5) is 0 Å². The lowest BCUT2D eigenvalue weighted by Gasteiger charge is -2.08. The van der Waals surface area contributed by atoms with Gasteiger partial charge in [0.1, 0.15) is 12.4 Å². The molecule has 1 N–H and O–H groups in total. The van der Waals surface area contributed by atoms with E-state index in [2.05, 4.69) is 31.0 Å². The molecule has 1 heterocycles. The van der Waals surface area contributed by atoms with Gasteiger partial charge >= 0.3 is 0 Å². The number of benzene rings is 1. The van der Waals surface area contributed by atoms with Crippen molar-refractivity contribution in [1.29, 1.82) is 0 Å². The standard InChI is InChI=1S/C11H13BrN4O3S/c1-16-11(10(12)14-15-16)20(17,18)13-7-8-19-9-5-3-2-4-6-9/h2-6,13H,7-8H2,1H3. The molecule has 0 aliphatic heterocycles. The summed E-state index contributed by atoms with van der Waals surface area (Å²) in [6.07, 6.45) is 0. The second-order valence-electron chi connectivity index (χ2n) is 3.87. The first-order valence-electron chi connectivity index (χ1n) is 5.73. The van der Waals surface area contributed by atoms with Crippen LogP contribution >= 0.6 is 15.9 Å². The maximum Gasteiger partial charge on any atom is 0.260 e. The number of ether oxygens (including phenoxy) is 1. The number of hydrogen-bond donors (Lipinski definition) is 1. The van der Waals surface area contributed by atoms with Crippen LogP contribution < -0.4 is 9.46 Å². The maximum atomic E-state index is 12.0. The maximum absolute atomic E-state index is 12.0. The number of aromatic nitrogens is 3. The zero-order chi connectivity index (χ0) is 14.6. The molecule has 20 heavy (non-hydrogen) atoms. The first-order chi connectivity index (χ1) is 9.50. The van der Waals surface area contributed by atoms with Gasteiger partial charge in [-0.1, -0.05) is 23.4 Å². The molecule has 9 heteroatoms. The summed E-state index contributed by atoms with van der Waals surface area (Å²) >= 11 is 3.05. The Morgan fingerprint density at radius 1 is 1.35 bits per heavy atom. The van der Waals surface area contributed by atoms with Gasteiger partial charge in [-0.25, -0.2) is 17.8 Å². The van der Waals surface area contributed by atoms with E-state index in [1.807, 2.05) is 18.2 Å². The molecule has 7 nitrogen and oxygen atoms in total. The highest BCUT2D eigenvalue weighted by atomic mass is 79.9. The van der Waals surface area contributed by atoms with Gasteiger partial charge in [-0.05, 0) is 28.1 Å². The third-order valence-electron chi connectivity index (χ3n) is 2.40. The zero-order valence-corrected chi connectivity index (χ0v) is 13.1. The number of rotatable bonds is 6. The zero-order valence-electron chi connectivity index (χ0n) is 10.7. The Morgan fingerprint density at radius 2 is 2.05 bits per heavy atom. The molecule has 0 fully saturated rings. The summed E-state index contributed by atoms with van der Waals surface area (Å²) in [5.41, 5.74) is 0. The normalized spacial score (nSPS) is 11.5. The van der Waals surface area contributed by atoms with Gasteiger partial charge in [0.15, 0.2) is 4.60 Å². The Kier molecular flexibility index (Phi) is 4.73. The van der Waals surface area contributed by atoms with Crippen LogP contribution in [-0.4, -0.2) is 36.6 Å². The molecule has 0 bridgehead atoms. The number of halogens is 1. The molecule has 0 unspecified atom stereocenters. The van der Waals surface area contributed by atoms with Crippen molar-refractivity contribution in [1.82, 2.24) is 19.7 Å². The molecule has 0 atom stereocenters. The Morgan fingerprint density at radius 3 is 2.65 bits per heavy atom. The molecule has 0 radical (unpaired) electrons. The monoisotopic (exact) mass is 360 g/mol. The summed E-state index contributed by atoms with van der Waals surface area (Å²) in [5, 5.41) is 7.25. The number of sulfonamides is 1. The Hall–Kier alpha value is -1.45. The van der Waals surface area contributed by atoms with Gasteiger partial charge in [0.2, 0.25) is 5.03 Å². The molecule has 108 valence electrons. The molecular weight excluding hydrogens is 348 g/mol. The van der Waals surface area contributed by atoms with E-state index in [4.69, 9.17) is 4.74 Å². The Labute approximate surface area is 125 Å². The minimum Gasteiger partial charge on any atom is -0.492 e. The van der Waals surface area contributed by atoms with Gasteiger partial charge in [0.25, 0.3) is 10.0 Å². The van der Waals surface area contributed by atoms with Gasteiger partial charge < -0.3 is 4.74 Å². The summed E-state index contributed by atoms with van der Waals surface area (Å²) in [7, 11) is -2.16. The molecule has 0 amide bonds. The minimum atomic E-state index is -3.67. The number of aryl methyl sites for hydroxylation is 1. The fourth-order valence-electron chi connectivity index (χ4n) is 1.54. The molecule has 2 rings (SSSR count). The van der Waals surface area contributed by atoms with Crippen molar-refractivity contribution < 1.29 is 13.2 Å². The summed E-state index contributed by atoms with van der Waals surface area (Å²) < 4.78 is 33.3. The average molecular weight is 361 g/mol. The van der Waals surface area contributed by atoms with E-state index in [0.717, 1.165) is 0 Å². The van der Waals surface area contributed by atoms with E-state index >= 15 is 0 Å². The van der Waals surface area contributed by atoms with Crippen LogP contribution in [-0.2, 0) is 17.1 Å². The number of hydrogen-bond acceptors (Lipinski definition) is 5. The minimum absolute atomic E-state index is 0.0165. The summed E-state index contributed by atoms with van der Waals surface area (Å²) in [6.45, 7) is 0.376. The molecule has 1 aromatic heterocycles. The Bertz CT molecular complexity index is 653. The topological polar surface area (TPSA) is 86.1 Å². The quantitative estimate of drug-likeness (QED) is 0.774. The molecular formula is C11H13BrN4O3S. The van der Waals surface area contributed by atoms with Crippen LogP contribution in [0.15, 0.2) is 40.0 Å². The highest BCUT2D eigenvalue weighted by Gasteiger charge is 2.23. The third kappa shape index (κ3) is 3.56. The predicted molar refractivity (Wildman–Crippen MR) is 75.8 cm³/mol. The van der Waals surface area contributed by atoms with E-state index in [1.165, 1.54) is 11.7 Å². The van der Waals surface area contributed by atoms with E-state index in [9.17, 15) is 8.42 Å². The first-order valence-corrected chi connectivity index (χ1v) is 8.01. The molecule has 1 aromatic carbocycles. The highest BCUT2D eigenvalue weighted by molar-refractivity contribution is 9.10. The molecule has 0 spiro atoms. The fraction of sp³-hybridized carbons (Fsp3) is 0.273. The summed E-state index contributed by atoms with van der Waals surface area (Å²) in [6, 6.07) is 9.17. The van der Waals surface area contributed by atoms with Crippen LogP contribution in [0.5, 0.6) is 5.75 Å². The number of nitrogens with one attached hydrogen (secondary N) is 1. The Balaban J connectivity index is 1.91. The van der Waals surface area contributed by atoms with Crippen molar-refractivity contribution in [2.45, 2.75) is 5.03 Å². The highest BCUT2D eigenvalue weighted by Crippen LogP contribution is 2.17. The van der Waals surface area contributed by atoms with Gasteiger partial charge in [-0.2, -0.15) is 0 Å². The van der Waals surface area contributed by atoms with E-state index in [-0.39, 0.29) is 22.8 Å². The predicted octanol–water partition coefficient (Wildman–Crippen LogP) is 0.935. The summed E-state index contributed by atoms with van der Waals surface area (Å²) in [5.74, 6) is 0.690. The van der Waals surface area contributed by atoms with Gasteiger partial charge in [-0.15, -0.1) is 5.10 Å². The van der Waals surface area contributed by atoms with E-state index < -0.39 is 10.0 Å². The molecule has 0 saturated heterocycles. The van der Waals surface area contributed by atoms with Crippen LogP contribution in [0.3, 0.4) is 0 Å². The van der Waals surface area contributed by atoms with Gasteiger partial charge in [0, 0.05) is 13.6 Å². The number of para-hydroxylation sites is 1. The van der Waals surface area contributed by atoms with Crippen LogP contribution in [0.2, 0.25) is 0 Å². The lowest BCUT2D eigenvalue weighted by Crippen LogP contribution is -2.30. The van der Waals surface area contributed by atoms with Crippen LogP contribution in [0, 0.1) is 0 Å². The molecule has 0 aliphatic carbocycles. The number of nitrogens with zero attached hydrogens (tertiary/aromatic N) is 3. The van der Waals surface area contributed by atoms with Crippen LogP contribution in [0.25, 0.3) is 0 Å². The van der Waals surface area contributed by atoms with Gasteiger partial charge in [-0.3, -0.25) is 0 Å². The summed E-state index contributed by atoms with van der Waals surface area (Å²) in [4.78, 5) is 0. The van der Waals surface area contributed by atoms with Crippen molar-refractivity contribution >= 4 is 26.0 Å². The third-order valence-corrected chi connectivity index (χ3v) is 4.75. The fourth-order valence-corrected chi connectivity index (χ4v) is 3.64. The second-order valence-corrected chi connectivity index (χ2v) is 6.30. The van der Waals surface area contributed by atoms with Crippen LogP contribution in [0.1, 0.15) is 0 Å². The van der Waals surface area contributed by atoms with Crippen molar-refractivity contribution in [3.05, 3.63) is 34.9 Å². The van der Waals surface area contributed by atoms with E-state index in [1.54, 1.807) is 12.1 Å². The molecule has 0 saturated carbocycles. The SMILES string of the molecule is Cn1nnc(Br)c1S(=O)(=O)NCCOc1ccccc1. The lowest BCUT2D eigenvalue weighted by atomic mass is 10.3. The van der Waals surface area contributed by atoms with Crippen molar-refractivity contribution in [2.75, 3.05) is 13.2 Å². The lowest BCUT2D eigenvalue weighted by molar-refractivity contribution is 0.322. The molecule has 2 aromatic rings. The molecule has 0 aliphatic rings. The van der Waals surface area contributed by atoms with Crippen molar-refractivity contribution in [3.63, 3.8) is 0 Å². The first kappa shape index (κ1) is 14.9. The van der Waals surface area contributed by atoms with Gasteiger partial charge in [0.05, 0.1) is 0 Å². The van der Waals surface area contributed by atoms with E-state index in [0.29, 0.717) is 5.75 Å². The smallest absolute Gasteiger partial charge is 0.260 e.